The van der Waals surface area contributed by atoms with Gasteiger partial charge in [0, 0.05) is 56.9 Å². The molecule has 5 rings (SSSR count). The van der Waals surface area contributed by atoms with Gasteiger partial charge >= 0.3 is 0 Å². The molecule has 2 aromatic carbocycles. The number of nitrogens with zero attached hydrogens (tertiary/aromatic N) is 3. The van der Waals surface area contributed by atoms with Crippen LogP contribution in [0.4, 0.5) is 0 Å². The van der Waals surface area contributed by atoms with Gasteiger partial charge in [-0.25, -0.2) is 0 Å². The zero-order valence-electron chi connectivity index (χ0n) is 17.6. The first kappa shape index (κ1) is 19.9. The zero-order valence-corrected chi connectivity index (χ0v) is 17.6. The average molecular weight is 413 g/mol. The minimum atomic E-state index is 0.0324. The molecule has 3 aromatic rings. The van der Waals surface area contributed by atoms with E-state index in [0.717, 1.165) is 32.7 Å². The predicted molar refractivity (Wildman–Crippen MR) is 122 cm³/mol. The summed E-state index contributed by atoms with van der Waals surface area (Å²) in [6.45, 7) is 4.19. The number of benzene rings is 2. The molecule has 0 radical (unpaired) electrons. The molecule has 158 valence electrons. The van der Waals surface area contributed by atoms with Crippen LogP contribution in [-0.4, -0.2) is 65.5 Å². The van der Waals surface area contributed by atoms with Crippen LogP contribution in [0.3, 0.4) is 0 Å². The Hall–Kier alpha value is -3.02. The average Bonchev–Trinajstić information content (AvgIpc) is 2.85. The fourth-order valence-corrected chi connectivity index (χ4v) is 5.11. The van der Waals surface area contributed by atoms with Crippen molar-refractivity contribution >= 4 is 5.91 Å². The van der Waals surface area contributed by atoms with Gasteiger partial charge in [-0.15, -0.1) is 0 Å². The van der Waals surface area contributed by atoms with E-state index in [0.29, 0.717) is 17.8 Å². The van der Waals surface area contributed by atoms with Gasteiger partial charge in [0.1, 0.15) is 5.69 Å². The van der Waals surface area contributed by atoms with E-state index < -0.39 is 0 Å². The third-order valence-corrected chi connectivity index (χ3v) is 6.56. The Balaban J connectivity index is 1.40. The number of hydrogen-bond donors (Lipinski definition) is 1. The minimum absolute atomic E-state index is 0.0324. The van der Waals surface area contributed by atoms with Crippen LogP contribution >= 0.6 is 0 Å². The van der Waals surface area contributed by atoms with Gasteiger partial charge in [0.25, 0.3) is 5.91 Å². The molecular formula is C26H28N4O. The number of pyridine rings is 1. The highest BCUT2D eigenvalue weighted by atomic mass is 16.2. The van der Waals surface area contributed by atoms with Crippen LogP contribution in [0.25, 0.3) is 0 Å². The number of carbonyl (C=O) groups is 1. The van der Waals surface area contributed by atoms with Gasteiger partial charge < -0.3 is 10.2 Å². The molecule has 31 heavy (non-hydrogen) atoms. The van der Waals surface area contributed by atoms with Crippen LogP contribution in [0.1, 0.15) is 27.5 Å². The number of aromatic nitrogens is 1. The summed E-state index contributed by atoms with van der Waals surface area (Å²) in [6.07, 6.45) is 1.69. The third-order valence-electron chi connectivity index (χ3n) is 6.56. The summed E-state index contributed by atoms with van der Waals surface area (Å²) < 4.78 is 0. The maximum absolute atomic E-state index is 13.0. The second kappa shape index (κ2) is 9.00. The Morgan fingerprint density at radius 1 is 0.871 bits per heavy atom. The van der Waals surface area contributed by atoms with E-state index >= 15 is 0 Å². The second-order valence-corrected chi connectivity index (χ2v) is 8.38. The summed E-state index contributed by atoms with van der Waals surface area (Å²) in [5.74, 6) is 0.320. The van der Waals surface area contributed by atoms with Gasteiger partial charge in [-0.3, -0.25) is 14.7 Å². The number of nitrogens with one attached hydrogen (secondary N) is 1. The first-order chi connectivity index (χ1) is 15.3. The van der Waals surface area contributed by atoms with Crippen molar-refractivity contribution in [3.63, 3.8) is 0 Å². The van der Waals surface area contributed by atoms with Crippen molar-refractivity contribution in [1.29, 1.82) is 0 Å². The first-order valence-corrected chi connectivity index (χ1v) is 11.1. The fourth-order valence-electron chi connectivity index (χ4n) is 5.11. The number of piperazine rings is 2. The van der Waals surface area contributed by atoms with E-state index in [9.17, 15) is 4.79 Å². The first-order valence-electron chi connectivity index (χ1n) is 11.1. The zero-order chi connectivity index (χ0) is 21.0. The lowest BCUT2D eigenvalue weighted by Crippen LogP contribution is -2.66. The smallest absolute Gasteiger partial charge is 0.272 e. The fraction of sp³-hybridized carbons (Fsp3) is 0.308. The number of amides is 1. The molecule has 2 atom stereocenters. The molecule has 2 aliphatic heterocycles. The molecule has 3 heterocycles. The number of rotatable bonds is 4. The minimum Gasteiger partial charge on any atom is -0.334 e. The highest BCUT2D eigenvalue weighted by Gasteiger charge is 2.40. The van der Waals surface area contributed by atoms with Gasteiger partial charge in [-0.1, -0.05) is 66.7 Å². The molecule has 0 spiro atoms. The lowest BCUT2D eigenvalue weighted by Gasteiger charge is -2.50. The van der Waals surface area contributed by atoms with Crippen molar-refractivity contribution in [2.45, 2.75) is 18.0 Å². The van der Waals surface area contributed by atoms with Crippen LogP contribution in [0.5, 0.6) is 0 Å². The van der Waals surface area contributed by atoms with Gasteiger partial charge in [-0.05, 0) is 23.3 Å². The molecule has 2 aliphatic rings. The largest absolute Gasteiger partial charge is 0.334 e. The Morgan fingerprint density at radius 3 is 2.19 bits per heavy atom. The van der Waals surface area contributed by atoms with E-state index in [1.807, 2.05) is 17.0 Å². The van der Waals surface area contributed by atoms with Gasteiger partial charge in [0.15, 0.2) is 0 Å². The summed E-state index contributed by atoms with van der Waals surface area (Å²) >= 11 is 0. The van der Waals surface area contributed by atoms with Gasteiger partial charge in [0.2, 0.25) is 0 Å². The van der Waals surface area contributed by atoms with E-state index in [4.69, 9.17) is 0 Å². The topological polar surface area (TPSA) is 48.5 Å². The third kappa shape index (κ3) is 4.11. The molecule has 0 aliphatic carbocycles. The van der Waals surface area contributed by atoms with Crippen molar-refractivity contribution < 1.29 is 4.79 Å². The molecule has 2 saturated heterocycles. The Bertz CT molecular complexity index is 956. The molecule has 0 unspecified atom stereocenters. The molecule has 5 heteroatoms. The predicted octanol–water partition coefficient (Wildman–Crippen LogP) is 3.01. The Morgan fingerprint density at radius 2 is 1.55 bits per heavy atom. The summed E-state index contributed by atoms with van der Waals surface area (Å²) in [5.41, 5.74) is 3.21. The summed E-state index contributed by atoms with van der Waals surface area (Å²) in [7, 11) is 0. The molecule has 0 saturated carbocycles. The Kier molecular flexibility index (Phi) is 5.78. The van der Waals surface area contributed by atoms with Crippen molar-refractivity contribution in [2.24, 2.45) is 0 Å². The number of hydrogen-bond acceptors (Lipinski definition) is 4. The molecule has 1 aromatic heterocycles. The molecule has 1 amide bonds. The van der Waals surface area contributed by atoms with Gasteiger partial charge in [0.05, 0.1) is 0 Å². The van der Waals surface area contributed by atoms with Crippen LogP contribution < -0.4 is 5.32 Å². The van der Waals surface area contributed by atoms with Crippen molar-refractivity contribution in [1.82, 2.24) is 20.1 Å². The van der Waals surface area contributed by atoms with Crippen LogP contribution in [0.2, 0.25) is 0 Å². The lowest BCUT2D eigenvalue weighted by molar-refractivity contribution is 0.0141. The molecule has 0 bridgehead atoms. The SMILES string of the molecule is O=C(c1ccccn1)N1CCN2[C@H](CNC[C@H]2C(c2ccccc2)c2ccccc2)C1. The summed E-state index contributed by atoms with van der Waals surface area (Å²) in [6, 6.07) is 27.8. The highest BCUT2D eigenvalue weighted by Crippen LogP contribution is 2.34. The summed E-state index contributed by atoms with van der Waals surface area (Å²) in [5, 5.41) is 3.66. The summed E-state index contributed by atoms with van der Waals surface area (Å²) in [4.78, 5) is 21.8. The van der Waals surface area contributed by atoms with Crippen molar-refractivity contribution in [2.75, 3.05) is 32.7 Å². The second-order valence-electron chi connectivity index (χ2n) is 8.38. The number of fused-ring (bicyclic) bond motifs is 1. The maximum atomic E-state index is 13.0. The maximum Gasteiger partial charge on any atom is 0.272 e. The molecular weight excluding hydrogens is 384 g/mol. The van der Waals surface area contributed by atoms with E-state index in [-0.39, 0.29) is 11.8 Å². The molecule has 1 N–H and O–H groups in total. The molecule has 5 nitrogen and oxygen atoms in total. The quantitative estimate of drug-likeness (QED) is 0.716. The van der Waals surface area contributed by atoms with Crippen LogP contribution in [0.15, 0.2) is 85.1 Å². The highest BCUT2D eigenvalue weighted by molar-refractivity contribution is 5.92. The van der Waals surface area contributed by atoms with Gasteiger partial charge in [-0.2, -0.15) is 0 Å². The van der Waals surface area contributed by atoms with Crippen LogP contribution in [-0.2, 0) is 0 Å². The van der Waals surface area contributed by atoms with Crippen LogP contribution in [0, 0.1) is 0 Å². The molecule has 2 fully saturated rings. The normalized spacial score (nSPS) is 21.6. The monoisotopic (exact) mass is 412 g/mol. The lowest BCUT2D eigenvalue weighted by atomic mass is 9.82. The Labute approximate surface area is 183 Å². The van der Waals surface area contributed by atoms with E-state index in [1.54, 1.807) is 12.3 Å². The van der Waals surface area contributed by atoms with Crippen molar-refractivity contribution in [3.8, 4) is 0 Å². The van der Waals surface area contributed by atoms with Crippen molar-refractivity contribution in [3.05, 3.63) is 102 Å². The number of carbonyl (C=O) groups excluding carboxylic acids is 1. The standard InChI is InChI=1S/C26H28N4O/c31-26(23-13-7-8-14-28-23)29-15-16-30-22(19-29)17-27-18-24(30)25(20-9-3-1-4-10-20)21-11-5-2-6-12-21/h1-14,22,24-25,27H,15-19H2/t22-,24+/m1/s1. The van der Waals surface area contributed by atoms with E-state index in [1.165, 1.54) is 11.1 Å². The van der Waals surface area contributed by atoms with E-state index in [2.05, 4.69) is 75.9 Å².